The Labute approximate surface area is 135 Å². The molecule has 1 aromatic carbocycles. The number of amides is 1. The van der Waals surface area contributed by atoms with Crippen LogP contribution in [0.1, 0.15) is 42.6 Å². The molecule has 0 aliphatic heterocycles. The van der Waals surface area contributed by atoms with Crippen molar-refractivity contribution in [2.24, 2.45) is 0 Å². The molecule has 0 radical (unpaired) electrons. The van der Waals surface area contributed by atoms with Crippen LogP contribution in [0.4, 0.5) is 0 Å². The van der Waals surface area contributed by atoms with E-state index in [0.717, 1.165) is 24.1 Å². The zero-order valence-electron chi connectivity index (χ0n) is 12.4. The summed E-state index contributed by atoms with van der Waals surface area (Å²) in [6.07, 6.45) is 5.80. The number of aromatic nitrogens is 1. The molecule has 4 heteroatoms. The third-order valence-corrected chi connectivity index (χ3v) is 4.28. The maximum absolute atomic E-state index is 12.4. The second kappa shape index (κ2) is 6.93. The zero-order chi connectivity index (χ0) is 15.4. The summed E-state index contributed by atoms with van der Waals surface area (Å²) in [6.45, 7) is 0. The number of nitrogens with one attached hydrogen (secondary N) is 1. The summed E-state index contributed by atoms with van der Waals surface area (Å²) < 4.78 is 0. The van der Waals surface area contributed by atoms with E-state index in [2.05, 4.69) is 10.3 Å². The van der Waals surface area contributed by atoms with Crippen molar-refractivity contribution in [1.82, 2.24) is 10.3 Å². The number of carbonyl (C=O) groups is 1. The normalized spacial score (nSPS) is 15.5. The lowest BCUT2D eigenvalue weighted by molar-refractivity contribution is 0.0923. The maximum atomic E-state index is 12.4. The standard InChI is InChI=1S/C18H19ClN2O/c19-14-7-4-6-13(12-14)16-10-5-11-17(21-16)18(22)20-15-8-2-1-3-9-15/h4-7,10-12,15H,1-3,8-9H2,(H,20,22). The highest BCUT2D eigenvalue weighted by molar-refractivity contribution is 6.30. The molecule has 2 aromatic rings. The predicted octanol–water partition coefficient (Wildman–Crippen LogP) is 4.46. The van der Waals surface area contributed by atoms with E-state index in [1.165, 1.54) is 19.3 Å². The first-order valence-electron chi connectivity index (χ1n) is 7.76. The summed E-state index contributed by atoms with van der Waals surface area (Å²) in [6, 6.07) is 13.3. The van der Waals surface area contributed by atoms with Gasteiger partial charge in [0.1, 0.15) is 5.69 Å². The van der Waals surface area contributed by atoms with Gasteiger partial charge in [0.05, 0.1) is 5.69 Å². The average Bonchev–Trinajstić information content (AvgIpc) is 2.56. The molecule has 0 atom stereocenters. The van der Waals surface area contributed by atoms with Crippen molar-refractivity contribution in [2.75, 3.05) is 0 Å². The highest BCUT2D eigenvalue weighted by Crippen LogP contribution is 2.21. The molecule has 1 N–H and O–H groups in total. The number of halogens is 1. The minimum absolute atomic E-state index is 0.0872. The van der Waals surface area contributed by atoms with Crippen LogP contribution in [0.5, 0.6) is 0 Å². The average molecular weight is 315 g/mol. The Morgan fingerprint density at radius 1 is 1.09 bits per heavy atom. The van der Waals surface area contributed by atoms with E-state index in [1.807, 2.05) is 36.4 Å². The first-order chi connectivity index (χ1) is 10.7. The zero-order valence-corrected chi connectivity index (χ0v) is 13.1. The van der Waals surface area contributed by atoms with Gasteiger partial charge in [-0.05, 0) is 37.1 Å². The van der Waals surface area contributed by atoms with Crippen LogP contribution >= 0.6 is 11.6 Å². The second-order valence-electron chi connectivity index (χ2n) is 5.73. The number of hydrogen-bond acceptors (Lipinski definition) is 2. The lowest BCUT2D eigenvalue weighted by Gasteiger charge is -2.22. The Balaban J connectivity index is 1.77. The van der Waals surface area contributed by atoms with Gasteiger partial charge < -0.3 is 5.32 Å². The maximum Gasteiger partial charge on any atom is 0.270 e. The molecule has 3 nitrogen and oxygen atoms in total. The summed E-state index contributed by atoms with van der Waals surface area (Å²) in [5, 5.41) is 3.76. The highest BCUT2D eigenvalue weighted by atomic mass is 35.5. The van der Waals surface area contributed by atoms with Gasteiger partial charge in [-0.3, -0.25) is 4.79 Å². The Morgan fingerprint density at radius 2 is 1.86 bits per heavy atom. The van der Waals surface area contributed by atoms with Gasteiger partial charge in [-0.25, -0.2) is 4.98 Å². The summed E-state index contributed by atoms with van der Waals surface area (Å²) >= 11 is 6.02. The van der Waals surface area contributed by atoms with Crippen LogP contribution in [0.3, 0.4) is 0 Å². The van der Waals surface area contributed by atoms with E-state index in [9.17, 15) is 4.79 Å². The number of rotatable bonds is 3. The van der Waals surface area contributed by atoms with Crippen LogP contribution in [0, 0.1) is 0 Å². The molecule has 1 aliphatic carbocycles. The van der Waals surface area contributed by atoms with Gasteiger partial charge in [-0.1, -0.05) is 49.1 Å². The highest BCUT2D eigenvalue weighted by Gasteiger charge is 2.17. The molecule has 0 saturated heterocycles. The molecule has 0 bridgehead atoms. The topological polar surface area (TPSA) is 42.0 Å². The van der Waals surface area contributed by atoms with Gasteiger partial charge in [0.15, 0.2) is 0 Å². The van der Waals surface area contributed by atoms with Crippen molar-refractivity contribution >= 4 is 17.5 Å². The quantitative estimate of drug-likeness (QED) is 0.908. The van der Waals surface area contributed by atoms with Crippen LogP contribution < -0.4 is 5.32 Å². The van der Waals surface area contributed by atoms with Crippen LogP contribution in [0.15, 0.2) is 42.5 Å². The molecule has 0 spiro atoms. The smallest absolute Gasteiger partial charge is 0.270 e. The molecule has 3 rings (SSSR count). The lowest BCUT2D eigenvalue weighted by atomic mass is 9.95. The van der Waals surface area contributed by atoms with Crippen molar-refractivity contribution in [3.8, 4) is 11.3 Å². The lowest BCUT2D eigenvalue weighted by Crippen LogP contribution is -2.36. The van der Waals surface area contributed by atoms with E-state index >= 15 is 0 Å². The molecule has 22 heavy (non-hydrogen) atoms. The second-order valence-corrected chi connectivity index (χ2v) is 6.16. The largest absolute Gasteiger partial charge is 0.348 e. The van der Waals surface area contributed by atoms with Crippen LogP contribution in [0.2, 0.25) is 5.02 Å². The molecular weight excluding hydrogens is 296 g/mol. The molecule has 1 aromatic heterocycles. The third-order valence-electron chi connectivity index (χ3n) is 4.04. The fourth-order valence-electron chi connectivity index (χ4n) is 2.88. The van der Waals surface area contributed by atoms with Crippen molar-refractivity contribution in [2.45, 2.75) is 38.1 Å². The van der Waals surface area contributed by atoms with Gasteiger partial charge in [0.25, 0.3) is 5.91 Å². The fourth-order valence-corrected chi connectivity index (χ4v) is 3.07. The first kappa shape index (κ1) is 15.0. The van der Waals surface area contributed by atoms with Crippen LogP contribution in [0.25, 0.3) is 11.3 Å². The van der Waals surface area contributed by atoms with E-state index in [-0.39, 0.29) is 11.9 Å². The van der Waals surface area contributed by atoms with Crippen LogP contribution in [-0.4, -0.2) is 16.9 Å². The molecule has 1 aliphatic rings. The molecule has 114 valence electrons. The van der Waals surface area contributed by atoms with Crippen molar-refractivity contribution < 1.29 is 4.79 Å². The van der Waals surface area contributed by atoms with E-state index in [0.29, 0.717) is 10.7 Å². The third kappa shape index (κ3) is 3.66. The Hall–Kier alpha value is -1.87. The Morgan fingerprint density at radius 3 is 2.64 bits per heavy atom. The van der Waals surface area contributed by atoms with Gasteiger partial charge in [0.2, 0.25) is 0 Å². The first-order valence-corrected chi connectivity index (χ1v) is 8.14. The molecule has 1 saturated carbocycles. The Kier molecular flexibility index (Phi) is 4.74. The molecule has 1 amide bonds. The van der Waals surface area contributed by atoms with E-state index < -0.39 is 0 Å². The number of hydrogen-bond donors (Lipinski definition) is 1. The van der Waals surface area contributed by atoms with Gasteiger partial charge in [0, 0.05) is 16.6 Å². The fraction of sp³-hybridized carbons (Fsp3) is 0.333. The summed E-state index contributed by atoms with van der Waals surface area (Å²) in [7, 11) is 0. The van der Waals surface area contributed by atoms with Crippen molar-refractivity contribution in [3.63, 3.8) is 0 Å². The monoisotopic (exact) mass is 314 g/mol. The van der Waals surface area contributed by atoms with Crippen molar-refractivity contribution in [1.29, 1.82) is 0 Å². The molecular formula is C18H19ClN2O. The SMILES string of the molecule is O=C(NC1CCCCC1)c1cccc(-c2cccc(Cl)c2)n1. The van der Waals surface area contributed by atoms with Crippen molar-refractivity contribution in [3.05, 3.63) is 53.2 Å². The number of pyridine rings is 1. The minimum Gasteiger partial charge on any atom is -0.348 e. The predicted molar refractivity (Wildman–Crippen MR) is 89.0 cm³/mol. The summed E-state index contributed by atoms with van der Waals surface area (Å²) in [4.78, 5) is 16.8. The van der Waals surface area contributed by atoms with E-state index in [1.54, 1.807) is 6.07 Å². The molecule has 1 fully saturated rings. The summed E-state index contributed by atoms with van der Waals surface area (Å²) in [5.41, 5.74) is 2.14. The van der Waals surface area contributed by atoms with Gasteiger partial charge >= 0.3 is 0 Å². The van der Waals surface area contributed by atoms with E-state index in [4.69, 9.17) is 11.6 Å². The number of benzene rings is 1. The number of carbonyl (C=O) groups excluding carboxylic acids is 1. The number of nitrogens with zero attached hydrogens (tertiary/aromatic N) is 1. The summed E-state index contributed by atoms with van der Waals surface area (Å²) in [5.74, 6) is -0.0872. The van der Waals surface area contributed by atoms with Crippen LogP contribution in [-0.2, 0) is 0 Å². The minimum atomic E-state index is -0.0872. The van der Waals surface area contributed by atoms with Gasteiger partial charge in [-0.15, -0.1) is 0 Å². The molecule has 1 heterocycles. The Bertz CT molecular complexity index is 666. The van der Waals surface area contributed by atoms with Gasteiger partial charge in [-0.2, -0.15) is 0 Å². The molecule has 0 unspecified atom stereocenters.